The van der Waals surface area contributed by atoms with Gasteiger partial charge in [0, 0.05) is 6.20 Å². The van der Waals surface area contributed by atoms with Gasteiger partial charge >= 0.3 is 5.69 Å². The zero-order chi connectivity index (χ0) is 12.3. The van der Waals surface area contributed by atoms with E-state index in [9.17, 15) is 18.4 Å². The van der Waals surface area contributed by atoms with Gasteiger partial charge in [-0.2, -0.15) is 5.26 Å². The fourth-order valence-electron chi connectivity index (χ4n) is 1.01. The summed E-state index contributed by atoms with van der Waals surface area (Å²) < 4.78 is 24.7. The van der Waals surface area contributed by atoms with Gasteiger partial charge in [-0.15, -0.1) is 0 Å². The van der Waals surface area contributed by atoms with E-state index in [1.165, 1.54) is 6.07 Å². The third-order valence-electron chi connectivity index (χ3n) is 1.81. The molecule has 0 spiro atoms. The van der Waals surface area contributed by atoms with Crippen molar-refractivity contribution in [1.82, 2.24) is 9.55 Å². The molecular weight excluding hydrogens is 224 g/mol. The van der Waals surface area contributed by atoms with E-state index >= 15 is 0 Å². The molecule has 0 aliphatic rings. The molecule has 1 atom stereocenters. The maximum atomic E-state index is 12.0. The lowest BCUT2D eigenvalue weighted by atomic mass is 10.3. The predicted octanol–water partition coefficient (Wildman–Crippen LogP) is -0.966. The number of rotatable bonds is 3. The Morgan fingerprint density at radius 1 is 1.56 bits per heavy atom. The lowest BCUT2D eigenvalue weighted by molar-refractivity contribution is -0.0143. The second-order valence-electron chi connectivity index (χ2n) is 2.97. The van der Waals surface area contributed by atoms with Crippen LogP contribution < -0.4 is 11.2 Å². The summed E-state index contributed by atoms with van der Waals surface area (Å²) in [5, 5.41) is 17.3. The van der Waals surface area contributed by atoms with Crippen LogP contribution in [0, 0.1) is 11.3 Å². The van der Waals surface area contributed by atoms with Crippen molar-refractivity contribution in [3.8, 4) is 6.07 Å². The maximum Gasteiger partial charge on any atom is 0.328 e. The molecule has 0 radical (unpaired) electrons. The van der Waals surface area contributed by atoms with Crippen LogP contribution in [-0.4, -0.2) is 27.2 Å². The summed E-state index contributed by atoms with van der Waals surface area (Å²) in [6, 6.07) is 1.49. The highest BCUT2D eigenvalue weighted by Crippen LogP contribution is 2.02. The number of hydrogen-bond donors (Lipinski definition) is 2. The molecule has 1 rings (SSSR count). The van der Waals surface area contributed by atoms with E-state index in [0.29, 0.717) is 4.57 Å². The number of nitrogens with one attached hydrogen (secondary N) is 1. The van der Waals surface area contributed by atoms with Crippen LogP contribution >= 0.6 is 0 Å². The highest BCUT2D eigenvalue weighted by molar-refractivity contribution is 5.21. The Hall–Kier alpha value is -2.01. The third kappa shape index (κ3) is 2.52. The molecule has 1 unspecified atom stereocenters. The highest BCUT2D eigenvalue weighted by atomic mass is 19.3. The Kier molecular flexibility index (Phi) is 3.52. The number of nitrogens with zero attached hydrogens (tertiary/aromatic N) is 2. The smallest absolute Gasteiger partial charge is 0.328 e. The van der Waals surface area contributed by atoms with Crippen molar-refractivity contribution in [3.63, 3.8) is 0 Å². The number of alkyl halides is 2. The van der Waals surface area contributed by atoms with Gasteiger partial charge in [-0.3, -0.25) is 14.3 Å². The molecule has 1 aromatic rings. The van der Waals surface area contributed by atoms with Crippen molar-refractivity contribution in [2.75, 3.05) is 0 Å². The van der Waals surface area contributed by atoms with Gasteiger partial charge in [-0.05, 0) is 0 Å². The fourth-order valence-corrected chi connectivity index (χ4v) is 1.01. The number of aliphatic hydroxyl groups excluding tert-OH is 1. The minimum absolute atomic E-state index is 0.388. The molecule has 8 heteroatoms. The molecule has 0 saturated carbocycles. The molecule has 0 aliphatic heterocycles. The van der Waals surface area contributed by atoms with Gasteiger partial charge in [0.1, 0.15) is 17.7 Å². The van der Waals surface area contributed by atoms with Gasteiger partial charge in [0.25, 0.3) is 12.0 Å². The molecule has 0 bridgehead atoms. The van der Waals surface area contributed by atoms with E-state index in [1.807, 2.05) is 0 Å². The van der Waals surface area contributed by atoms with Crippen LogP contribution in [0.2, 0.25) is 0 Å². The monoisotopic (exact) mass is 231 g/mol. The standard InChI is InChI=1S/C8H7F2N3O3/c9-6(10)5(14)3-13-2-4(1-11)7(15)12-8(13)16/h2,5-6,14H,3H2,(H,12,15,16). The van der Waals surface area contributed by atoms with E-state index < -0.39 is 30.3 Å². The van der Waals surface area contributed by atoms with Gasteiger partial charge < -0.3 is 5.11 Å². The summed E-state index contributed by atoms with van der Waals surface area (Å²) in [6.07, 6.45) is -4.22. The van der Waals surface area contributed by atoms with Gasteiger partial charge in [-0.1, -0.05) is 0 Å². The number of aromatic nitrogens is 2. The van der Waals surface area contributed by atoms with Crippen molar-refractivity contribution >= 4 is 0 Å². The largest absolute Gasteiger partial charge is 0.385 e. The molecule has 2 N–H and O–H groups in total. The van der Waals surface area contributed by atoms with Crippen molar-refractivity contribution < 1.29 is 13.9 Å². The number of H-pyrrole nitrogens is 1. The topological polar surface area (TPSA) is 98.9 Å². The average Bonchev–Trinajstić information content (AvgIpc) is 2.21. The summed E-state index contributed by atoms with van der Waals surface area (Å²) in [6.45, 7) is -0.693. The van der Waals surface area contributed by atoms with E-state index in [2.05, 4.69) is 0 Å². The average molecular weight is 231 g/mol. The number of aliphatic hydroxyl groups is 1. The van der Waals surface area contributed by atoms with Crippen LogP contribution in [0.1, 0.15) is 5.56 Å². The lowest BCUT2D eigenvalue weighted by Gasteiger charge is -2.10. The van der Waals surface area contributed by atoms with E-state index in [1.54, 1.807) is 4.98 Å². The van der Waals surface area contributed by atoms with Crippen molar-refractivity contribution in [3.05, 3.63) is 32.6 Å². The normalized spacial score (nSPS) is 12.4. The van der Waals surface area contributed by atoms with Crippen LogP contribution in [0.15, 0.2) is 15.8 Å². The van der Waals surface area contributed by atoms with Gasteiger partial charge in [-0.25, -0.2) is 13.6 Å². The molecular formula is C8H7F2N3O3. The number of hydrogen-bond acceptors (Lipinski definition) is 4. The van der Waals surface area contributed by atoms with Gasteiger partial charge in [0.05, 0.1) is 6.54 Å². The van der Waals surface area contributed by atoms with Crippen LogP contribution in [0.25, 0.3) is 0 Å². The molecule has 6 nitrogen and oxygen atoms in total. The Morgan fingerprint density at radius 3 is 2.69 bits per heavy atom. The molecule has 1 aromatic heterocycles. The van der Waals surface area contributed by atoms with E-state index in [0.717, 1.165) is 6.20 Å². The summed E-state index contributed by atoms with van der Waals surface area (Å²) in [5.74, 6) is 0. The highest BCUT2D eigenvalue weighted by Gasteiger charge is 2.18. The molecule has 0 amide bonds. The second kappa shape index (κ2) is 4.67. The van der Waals surface area contributed by atoms with Crippen LogP contribution in [-0.2, 0) is 6.54 Å². The molecule has 86 valence electrons. The van der Waals surface area contributed by atoms with Crippen molar-refractivity contribution in [2.45, 2.75) is 19.1 Å². The summed E-state index contributed by atoms with van der Waals surface area (Å²) in [7, 11) is 0. The first kappa shape index (κ1) is 12.1. The second-order valence-corrected chi connectivity index (χ2v) is 2.97. The summed E-state index contributed by atoms with van der Waals surface area (Å²) in [4.78, 5) is 23.8. The number of aromatic amines is 1. The molecule has 1 heterocycles. The Morgan fingerprint density at radius 2 is 2.19 bits per heavy atom. The first-order valence-electron chi connectivity index (χ1n) is 4.15. The fraction of sp³-hybridized carbons (Fsp3) is 0.375. The quantitative estimate of drug-likeness (QED) is 0.699. The predicted molar refractivity (Wildman–Crippen MR) is 48.0 cm³/mol. The van der Waals surface area contributed by atoms with E-state index in [-0.39, 0.29) is 5.56 Å². The molecule has 16 heavy (non-hydrogen) atoms. The number of nitriles is 1. The molecule has 0 aliphatic carbocycles. The van der Waals surface area contributed by atoms with Crippen molar-refractivity contribution in [2.24, 2.45) is 0 Å². The minimum atomic E-state index is -3.01. The minimum Gasteiger partial charge on any atom is -0.385 e. The Labute approximate surface area is 87.4 Å². The van der Waals surface area contributed by atoms with Gasteiger partial charge in [0.15, 0.2) is 0 Å². The number of halogens is 2. The lowest BCUT2D eigenvalue weighted by Crippen LogP contribution is -2.35. The van der Waals surface area contributed by atoms with Crippen LogP contribution in [0.5, 0.6) is 0 Å². The van der Waals surface area contributed by atoms with E-state index in [4.69, 9.17) is 10.4 Å². The first-order valence-corrected chi connectivity index (χ1v) is 4.15. The van der Waals surface area contributed by atoms with Crippen LogP contribution in [0.4, 0.5) is 8.78 Å². The Balaban J connectivity index is 3.12. The zero-order valence-corrected chi connectivity index (χ0v) is 7.85. The summed E-state index contributed by atoms with van der Waals surface area (Å²) in [5.41, 5.74) is -2.24. The van der Waals surface area contributed by atoms with Crippen LogP contribution in [0.3, 0.4) is 0 Å². The summed E-state index contributed by atoms with van der Waals surface area (Å²) >= 11 is 0. The first-order chi connectivity index (χ1) is 7.45. The maximum absolute atomic E-state index is 12.0. The Bertz CT molecular complexity index is 529. The SMILES string of the molecule is N#Cc1cn(CC(O)C(F)F)c(=O)[nH]c1=O. The van der Waals surface area contributed by atoms with Crippen molar-refractivity contribution in [1.29, 1.82) is 5.26 Å². The zero-order valence-electron chi connectivity index (χ0n) is 7.85. The third-order valence-corrected chi connectivity index (χ3v) is 1.81. The molecule has 0 saturated heterocycles. The molecule has 0 fully saturated rings. The van der Waals surface area contributed by atoms with Gasteiger partial charge in [0.2, 0.25) is 0 Å². The molecule has 0 aromatic carbocycles.